The molecule has 0 N–H and O–H groups in total. The van der Waals surface area contributed by atoms with Crippen LogP contribution in [0.2, 0.25) is 0 Å². The summed E-state index contributed by atoms with van der Waals surface area (Å²) in [7, 11) is 0. The van der Waals surface area contributed by atoms with Gasteiger partial charge in [-0.1, -0.05) is 0 Å². The van der Waals surface area contributed by atoms with E-state index >= 15 is 0 Å². The van der Waals surface area contributed by atoms with Crippen molar-refractivity contribution in [3.05, 3.63) is 140 Å². The van der Waals surface area contributed by atoms with Crippen LogP contribution in [-0.4, -0.2) is 0 Å². The smallest absolute Gasteiger partial charge is 0.214 e. The van der Waals surface area contributed by atoms with E-state index in [2.05, 4.69) is 18.2 Å². The summed E-state index contributed by atoms with van der Waals surface area (Å²) in [5, 5.41) is 0. The first-order valence-corrected chi connectivity index (χ1v) is 7.40. The van der Waals surface area contributed by atoms with Crippen molar-refractivity contribution in [1.29, 1.82) is 0 Å². The Morgan fingerprint density at radius 1 is 0.375 bits per heavy atom. The molecule has 4 aromatic carbocycles. The molecule has 0 spiro atoms. The Labute approximate surface area is 160 Å². The van der Waals surface area contributed by atoms with Gasteiger partial charge in [0.15, 0.2) is 0 Å². The normalized spacial score (nSPS) is 7.67. The minimum atomic E-state index is 0. The van der Waals surface area contributed by atoms with Gasteiger partial charge in [-0.05, 0) is 0 Å². The summed E-state index contributed by atoms with van der Waals surface area (Å²) >= 11 is 0. The monoisotopic (exact) mass is 491 g/mol. The molecule has 4 aromatic rings. The number of rotatable bonds is 0. The van der Waals surface area contributed by atoms with E-state index in [9.17, 15) is 0 Å². The Morgan fingerprint density at radius 2 is 0.667 bits per heavy atom. The molecule has 1 heteroatoms. The standard InChI is InChI=1S/3C6H5.C5H5.Pt/c3*1-2-4-6-5-3-1;1-2-4-5-3-1;/h3*1-5H;1-5H;/q4*-1;+4. The maximum Gasteiger partial charge on any atom is 4.00 e. The molecule has 4 rings (SSSR count). The first-order chi connectivity index (χ1) is 11.5. The van der Waals surface area contributed by atoms with Crippen molar-refractivity contribution in [1.82, 2.24) is 0 Å². The van der Waals surface area contributed by atoms with Crippen LogP contribution in [0.5, 0.6) is 0 Å². The van der Waals surface area contributed by atoms with Gasteiger partial charge in [-0.2, -0.15) is 127 Å². The zero-order chi connectivity index (χ0) is 16.3. The van der Waals surface area contributed by atoms with E-state index in [0.717, 1.165) is 0 Å². The van der Waals surface area contributed by atoms with Crippen molar-refractivity contribution >= 4 is 0 Å². The summed E-state index contributed by atoms with van der Waals surface area (Å²) in [4.78, 5) is 0. The van der Waals surface area contributed by atoms with E-state index in [1.165, 1.54) is 0 Å². The second-order valence-corrected chi connectivity index (χ2v) is 4.19. The van der Waals surface area contributed by atoms with Crippen LogP contribution >= 0.6 is 0 Å². The Morgan fingerprint density at radius 3 is 0.750 bits per heavy atom. The van der Waals surface area contributed by atoms with Crippen LogP contribution in [0.15, 0.2) is 121 Å². The van der Waals surface area contributed by atoms with Gasteiger partial charge >= 0.3 is 21.1 Å². The van der Waals surface area contributed by atoms with Crippen molar-refractivity contribution in [3.63, 3.8) is 0 Å². The average molecular weight is 491 g/mol. The van der Waals surface area contributed by atoms with Crippen molar-refractivity contribution < 1.29 is 21.1 Å². The van der Waals surface area contributed by atoms with Crippen LogP contribution in [0.25, 0.3) is 0 Å². The molecular weight excluding hydrogens is 471 g/mol. The zero-order valence-electron chi connectivity index (χ0n) is 13.4. The molecule has 0 fully saturated rings. The Hall–Kier alpha value is -2.30. The molecule has 0 saturated carbocycles. The second kappa shape index (κ2) is 18.7. The van der Waals surface area contributed by atoms with Gasteiger partial charge in [0.25, 0.3) is 0 Å². The molecule has 0 radical (unpaired) electrons. The summed E-state index contributed by atoms with van der Waals surface area (Å²) < 4.78 is 0. The summed E-state index contributed by atoms with van der Waals surface area (Å²) in [5.41, 5.74) is 0. The van der Waals surface area contributed by atoms with Gasteiger partial charge < -0.3 is 0 Å². The van der Waals surface area contributed by atoms with Gasteiger partial charge in [0.2, 0.25) is 0 Å². The van der Waals surface area contributed by atoms with E-state index in [0.29, 0.717) is 0 Å². The largest absolute Gasteiger partial charge is 4.00 e. The van der Waals surface area contributed by atoms with Crippen molar-refractivity contribution in [3.8, 4) is 0 Å². The van der Waals surface area contributed by atoms with Crippen LogP contribution in [-0.2, 0) is 21.1 Å². The quantitative estimate of drug-likeness (QED) is 0.270. The van der Waals surface area contributed by atoms with Gasteiger partial charge in [-0.25, -0.2) is 12.1 Å². The Balaban J connectivity index is 0.000000291. The third-order valence-electron chi connectivity index (χ3n) is 2.38. The summed E-state index contributed by atoms with van der Waals surface area (Å²) in [5.74, 6) is 0. The third-order valence-corrected chi connectivity index (χ3v) is 2.38. The van der Waals surface area contributed by atoms with Crippen LogP contribution < -0.4 is 0 Å². The molecule has 0 bridgehead atoms. The van der Waals surface area contributed by atoms with Gasteiger partial charge in [0.1, 0.15) is 0 Å². The maximum atomic E-state index is 2.89. The van der Waals surface area contributed by atoms with Gasteiger partial charge in [-0.15, -0.1) is 0 Å². The molecule has 0 nitrogen and oxygen atoms in total. The topological polar surface area (TPSA) is 0 Å². The van der Waals surface area contributed by atoms with Crippen LogP contribution in [0, 0.1) is 18.2 Å². The fourth-order valence-corrected chi connectivity index (χ4v) is 1.35. The SMILES string of the molecule is [Pt+4].[c-]1ccccc1.[c-]1ccccc1.[c-]1ccccc1.c1cc[cH-]c1. The first-order valence-electron chi connectivity index (χ1n) is 7.40. The zero-order valence-corrected chi connectivity index (χ0v) is 15.6. The van der Waals surface area contributed by atoms with Gasteiger partial charge in [-0.3, -0.25) is 0 Å². The molecule has 0 unspecified atom stereocenters. The molecule has 122 valence electrons. The van der Waals surface area contributed by atoms with Crippen molar-refractivity contribution in [2.75, 3.05) is 0 Å². The van der Waals surface area contributed by atoms with E-state index in [-0.39, 0.29) is 21.1 Å². The van der Waals surface area contributed by atoms with Crippen molar-refractivity contribution in [2.45, 2.75) is 0 Å². The minimum absolute atomic E-state index is 0. The van der Waals surface area contributed by atoms with Crippen molar-refractivity contribution in [2.24, 2.45) is 0 Å². The predicted molar refractivity (Wildman–Crippen MR) is 97.9 cm³/mol. The van der Waals surface area contributed by atoms with E-state index < -0.39 is 0 Å². The molecular formula is C23H20Pt. The summed E-state index contributed by atoms with van der Waals surface area (Å²) in [6.07, 6.45) is 0. The molecule has 0 aliphatic rings. The number of hydrogen-bond acceptors (Lipinski definition) is 0. The molecule has 0 amide bonds. The van der Waals surface area contributed by atoms with Crippen LogP contribution in [0.1, 0.15) is 0 Å². The van der Waals surface area contributed by atoms with Crippen LogP contribution in [0.4, 0.5) is 0 Å². The van der Waals surface area contributed by atoms with E-state index in [4.69, 9.17) is 0 Å². The first kappa shape index (κ1) is 21.7. The molecule has 0 saturated heterocycles. The minimum Gasteiger partial charge on any atom is -0.214 e. The predicted octanol–water partition coefficient (Wildman–Crippen LogP) is 5.86. The molecule has 24 heavy (non-hydrogen) atoms. The van der Waals surface area contributed by atoms with Gasteiger partial charge in [0.05, 0.1) is 0 Å². The van der Waals surface area contributed by atoms with Gasteiger partial charge in [0, 0.05) is 0 Å². The van der Waals surface area contributed by atoms with Crippen LogP contribution in [0.3, 0.4) is 0 Å². The van der Waals surface area contributed by atoms with E-state index in [1.54, 1.807) is 0 Å². The number of benzene rings is 3. The molecule has 0 aromatic heterocycles. The second-order valence-electron chi connectivity index (χ2n) is 4.19. The summed E-state index contributed by atoms with van der Waals surface area (Å²) in [6.45, 7) is 0. The Bertz CT molecular complexity index is 444. The molecule has 0 atom stereocenters. The van der Waals surface area contributed by atoms with E-state index in [1.807, 2.05) is 121 Å². The fraction of sp³-hybridized carbons (Fsp3) is 0. The average Bonchev–Trinajstić information content (AvgIpc) is 3.27. The third kappa shape index (κ3) is 16.1. The molecule has 0 heterocycles. The molecule has 0 aliphatic heterocycles. The summed E-state index contributed by atoms with van der Waals surface area (Å²) in [6, 6.07) is 47.5. The Kier molecular flexibility index (Phi) is 16.9. The molecule has 0 aliphatic carbocycles. The maximum absolute atomic E-state index is 2.89. The fourth-order valence-electron chi connectivity index (χ4n) is 1.35. The number of hydrogen-bond donors (Lipinski definition) is 0.